The Labute approximate surface area is 112 Å². The summed E-state index contributed by atoms with van der Waals surface area (Å²) in [7, 11) is -4.51. The summed E-state index contributed by atoms with van der Waals surface area (Å²) in [5, 5.41) is 34.6. The van der Waals surface area contributed by atoms with Crippen molar-refractivity contribution in [2.24, 2.45) is 0 Å². The third kappa shape index (κ3) is 3.99. The van der Waals surface area contributed by atoms with Crippen molar-refractivity contribution in [3.8, 4) is 0 Å². The van der Waals surface area contributed by atoms with E-state index in [-0.39, 0.29) is 0 Å². The maximum Gasteiger partial charge on any atom is 0.335 e. The van der Waals surface area contributed by atoms with E-state index in [1.807, 2.05) is 0 Å². The molecule has 1 aromatic carbocycles. The van der Waals surface area contributed by atoms with Gasteiger partial charge in [0.2, 0.25) is 0 Å². The monoisotopic (exact) mass is 306 g/mol. The second-order valence-electron chi connectivity index (χ2n) is 3.58. The number of hydrogen-bond acceptors (Lipinski definition) is 7. The van der Waals surface area contributed by atoms with Gasteiger partial charge in [-0.2, -0.15) is 8.42 Å². The SMILES string of the molecule is O=C(O)c1cc(C(=O)O)cc(S(=O)(=O)OCC(O)O)c1. The van der Waals surface area contributed by atoms with Gasteiger partial charge in [0.15, 0.2) is 6.29 Å². The third-order valence-electron chi connectivity index (χ3n) is 2.06. The van der Waals surface area contributed by atoms with Crippen LogP contribution in [0.5, 0.6) is 0 Å². The number of carboxylic acids is 2. The molecule has 1 aromatic rings. The van der Waals surface area contributed by atoms with Crippen LogP contribution in [0.3, 0.4) is 0 Å². The minimum atomic E-state index is -4.51. The maximum absolute atomic E-state index is 11.7. The van der Waals surface area contributed by atoms with Crippen LogP contribution in [-0.2, 0) is 14.3 Å². The molecule has 0 aliphatic carbocycles. The van der Waals surface area contributed by atoms with Crippen molar-refractivity contribution >= 4 is 22.1 Å². The molecular formula is C10H10O9S. The number of aliphatic hydroxyl groups excluding tert-OH is 1. The largest absolute Gasteiger partial charge is 0.478 e. The molecule has 0 spiro atoms. The number of aliphatic hydroxyl groups is 2. The number of carboxylic acid groups (broad SMARTS) is 2. The molecule has 0 radical (unpaired) electrons. The second-order valence-corrected chi connectivity index (χ2v) is 5.19. The van der Waals surface area contributed by atoms with E-state index in [9.17, 15) is 18.0 Å². The second kappa shape index (κ2) is 5.96. The zero-order chi connectivity index (χ0) is 15.5. The highest BCUT2D eigenvalue weighted by atomic mass is 32.2. The Morgan fingerprint density at radius 2 is 1.50 bits per heavy atom. The average molecular weight is 306 g/mol. The first-order valence-corrected chi connectivity index (χ1v) is 6.41. The molecule has 9 nitrogen and oxygen atoms in total. The van der Waals surface area contributed by atoms with Gasteiger partial charge < -0.3 is 20.4 Å². The first-order valence-electron chi connectivity index (χ1n) is 5.00. The van der Waals surface area contributed by atoms with Crippen molar-refractivity contribution in [1.82, 2.24) is 0 Å². The molecular weight excluding hydrogens is 296 g/mol. The summed E-state index contributed by atoms with van der Waals surface area (Å²) in [5.41, 5.74) is -1.12. The van der Waals surface area contributed by atoms with Crippen LogP contribution in [0.1, 0.15) is 20.7 Å². The summed E-state index contributed by atoms with van der Waals surface area (Å²) < 4.78 is 27.5. The van der Waals surface area contributed by atoms with Crippen molar-refractivity contribution in [3.05, 3.63) is 29.3 Å². The molecule has 0 aliphatic rings. The van der Waals surface area contributed by atoms with Gasteiger partial charge in [-0.15, -0.1) is 0 Å². The van der Waals surface area contributed by atoms with Crippen LogP contribution in [0.4, 0.5) is 0 Å². The predicted molar refractivity (Wildman–Crippen MR) is 61.7 cm³/mol. The van der Waals surface area contributed by atoms with Gasteiger partial charge in [-0.3, -0.25) is 4.18 Å². The standard InChI is InChI=1S/C10H10O9S/c11-8(12)4-19-20(17,18)7-2-5(9(13)14)1-6(3-7)10(15)16/h1-3,8,11-12H,4H2,(H,13,14)(H,15,16). The average Bonchev–Trinajstić information content (AvgIpc) is 2.35. The Morgan fingerprint density at radius 3 is 1.85 bits per heavy atom. The summed E-state index contributed by atoms with van der Waals surface area (Å²) in [6, 6.07) is 2.19. The van der Waals surface area contributed by atoms with Gasteiger partial charge in [0.25, 0.3) is 10.1 Å². The normalized spacial score (nSPS) is 11.6. The molecule has 0 saturated carbocycles. The zero-order valence-corrected chi connectivity index (χ0v) is 10.6. The highest BCUT2D eigenvalue weighted by Crippen LogP contribution is 2.18. The van der Waals surface area contributed by atoms with E-state index in [0.717, 1.165) is 6.07 Å². The Kier molecular flexibility index (Phi) is 4.78. The molecule has 0 unspecified atom stereocenters. The summed E-state index contributed by atoms with van der Waals surface area (Å²) in [6.45, 7) is -0.970. The van der Waals surface area contributed by atoms with E-state index < -0.39 is 51.0 Å². The van der Waals surface area contributed by atoms with E-state index in [4.69, 9.17) is 20.4 Å². The van der Waals surface area contributed by atoms with Crippen LogP contribution >= 0.6 is 0 Å². The van der Waals surface area contributed by atoms with Crippen molar-refractivity contribution in [1.29, 1.82) is 0 Å². The molecule has 0 aliphatic heterocycles. The first-order chi connectivity index (χ1) is 9.13. The van der Waals surface area contributed by atoms with Gasteiger partial charge in [-0.1, -0.05) is 0 Å². The lowest BCUT2D eigenvalue weighted by Gasteiger charge is -2.08. The summed E-state index contributed by atoms with van der Waals surface area (Å²) in [5.74, 6) is -3.04. The Balaban J connectivity index is 3.29. The predicted octanol–water partition coefficient (Wildman–Crippen LogP) is -0.901. The van der Waals surface area contributed by atoms with Crippen LogP contribution in [0.15, 0.2) is 23.1 Å². The molecule has 0 aromatic heterocycles. The van der Waals surface area contributed by atoms with Crippen LogP contribution in [-0.4, -0.2) is 53.7 Å². The Hall–Kier alpha value is -2.01. The molecule has 10 heteroatoms. The van der Waals surface area contributed by atoms with E-state index in [0.29, 0.717) is 12.1 Å². The van der Waals surface area contributed by atoms with E-state index in [1.165, 1.54) is 0 Å². The third-order valence-corrected chi connectivity index (χ3v) is 3.32. The number of hydrogen-bond donors (Lipinski definition) is 4. The Morgan fingerprint density at radius 1 is 1.05 bits per heavy atom. The van der Waals surface area contributed by atoms with Gasteiger partial charge in [0.05, 0.1) is 16.0 Å². The van der Waals surface area contributed by atoms with E-state index in [2.05, 4.69) is 4.18 Å². The number of rotatable bonds is 6. The molecule has 1 rings (SSSR count). The number of carbonyl (C=O) groups is 2. The molecule has 20 heavy (non-hydrogen) atoms. The summed E-state index contributed by atoms with van der Waals surface area (Å²) in [4.78, 5) is 20.9. The highest BCUT2D eigenvalue weighted by Gasteiger charge is 2.21. The zero-order valence-electron chi connectivity index (χ0n) is 9.75. The molecule has 0 amide bonds. The van der Waals surface area contributed by atoms with Crippen molar-refractivity contribution in [2.75, 3.05) is 6.61 Å². The summed E-state index contributed by atoms with van der Waals surface area (Å²) in [6.07, 6.45) is -2.05. The quantitative estimate of drug-likeness (QED) is 0.386. The fraction of sp³-hybridized carbons (Fsp3) is 0.200. The fourth-order valence-electron chi connectivity index (χ4n) is 1.21. The number of aromatic carboxylic acids is 2. The molecule has 0 bridgehead atoms. The topological polar surface area (TPSA) is 158 Å². The molecule has 110 valence electrons. The van der Waals surface area contributed by atoms with E-state index >= 15 is 0 Å². The lowest BCUT2D eigenvalue weighted by Crippen LogP contribution is -2.18. The van der Waals surface area contributed by atoms with Gasteiger partial charge in [0, 0.05) is 0 Å². The molecule has 0 saturated heterocycles. The fourth-order valence-corrected chi connectivity index (χ4v) is 2.19. The highest BCUT2D eigenvalue weighted by molar-refractivity contribution is 7.86. The lowest BCUT2D eigenvalue weighted by atomic mass is 10.1. The maximum atomic E-state index is 11.7. The van der Waals surface area contributed by atoms with E-state index in [1.54, 1.807) is 0 Å². The molecule has 0 atom stereocenters. The molecule has 0 heterocycles. The van der Waals surface area contributed by atoms with Crippen molar-refractivity contribution < 1.29 is 42.6 Å². The van der Waals surface area contributed by atoms with Gasteiger partial charge >= 0.3 is 11.9 Å². The van der Waals surface area contributed by atoms with Gasteiger partial charge in [-0.25, -0.2) is 9.59 Å². The lowest BCUT2D eigenvalue weighted by molar-refractivity contribution is -0.0668. The van der Waals surface area contributed by atoms with Gasteiger partial charge in [0.1, 0.15) is 6.61 Å². The first kappa shape index (κ1) is 16.0. The molecule has 0 fully saturated rings. The minimum Gasteiger partial charge on any atom is -0.478 e. The number of benzene rings is 1. The van der Waals surface area contributed by atoms with Crippen LogP contribution in [0.25, 0.3) is 0 Å². The molecule has 4 N–H and O–H groups in total. The summed E-state index contributed by atoms with van der Waals surface area (Å²) >= 11 is 0. The van der Waals surface area contributed by atoms with Crippen LogP contribution < -0.4 is 0 Å². The van der Waals surface area contributed by atoms with Gasteiger partial charge in [-0.05, 0) is 18.2 Å². The smallest absolute Gasteiger partial charge is 0.335 e. The van der Waals surface area contributed by atoms with Crippen LogP contribution in [0, 0.1) is 0 Å². The van der Waals surface area contributed by atoms with Crippen molar-refractivity contribution in [2.45, 2.75) is 11.2 Å². The Bertz CT molecular complexity index is 600. The minimum absolute atomic E-state index is 0.559. The van der Waals surface area contributed by atoms with Crippen LogP contribution in [0.2, 0.25) is 0 Å². The van der Waals surface area contributed by atoms with Crippen molar-refractivity contribution in [3.63, 3.8) is 0 Å².